The molecule has 2 aromatic carbocycles. The van der Waals surface area contributed by atoms with E-state index in [4.69, 9.17) is 21.1 Å². The second-order valence-electron chi connectivity index (χ2n) is 13.6. The molecule has 2 bridgehead atoms. The molecule has 0 radical (unpaired) electrons. The molecule has 0 unspecified atom stereocenters. The van der Waals surface area contributed by atoms with Crippen LogP contribution in [0.5, 0.6) is 5.75 Å². The van der Waals surface area contributed by atoms with Crippen LogP contribution in [-0.2, 0) is 31.1 Å². The van der Waals surface area contributed by atoms with Gasteiger partial charge in [-0.1, -0.05) is 57.5 Å². The molecule has 0 saturated heterocycles. The van der Waals surface area contributed by atoms with Crippen molar-refractivity contribution < 1.29 is 36.4 Å². The van der Waals surface area contributed by atoms with Crippen LogP contribution in [0.3, 0.4) is 0 Å². The second kappa shape index (κ2) is 17.1. The van der Waals surface area contributed by atoms with Crippen LogP contribution >= 0.6 is 11.6 Å². The molecule has 2 aromatic rings. The smallest absolute Gasteiger partial charge is 0.389 e. The van der Waals surface area contributed by atoms with Gasteiger partial charge >= 0.3 is 6.18 Å². The predicted molar refractivity (Wildman–Crippen MR) is 194 cm³/mol. The van der Waals surface area contributed by atoms with Crippen molar-refractivity contribution in [2.45, 2.75) is 90.3 Å². The van der Waals surface area contributed by atoms with Gasteiger partial charge in [0.2, 0.25) is 0 Å². The van der Waals surface area contributed by atoms with E-state index in [1.165, 1.54) is 11.1 Å². The number of anilines is 1. The minimum absolute atomic E-state index is 0.101. The lowest BCUT2D eigenvalue weighted by atomic mass is 9.70. The number of alkyl halides is 3. The molecule has 2 heterocycles. The van der Waals surface area contributed by atoms with E-state index in [0.29, 0.717) is 49.0 Å². The lowest BCUT2D eigenvalue weighted by molar-refractivity contribution is -0.142. The number of methoxy groups -OCH3 is 1. The van der Waals surface area contributed by atoms with E-state index in [1.54, 1.807) is 25.3 Å². The van der Waals surface area contributed by atoms with Gasteiger partial charge in [-0.3, -0.25) is 9.59 Å². The predicted octanol–water partition coefficient (Wildman–Crippen LogP) is 9.00. The first-order valence-electron chi connectivity index (χ1n) is 17.6. The quantitative estimate of drug-likeness (QED) is 0.285. The Bertz CT molecular complexity index is 1670. The standard InChI is InChI=1S/C36H44ClF3N2O5S.C2H6/c1-24-20-42-22-35(15-7-8-26-18-28(37)11-12-30(26)35)23-47-33-13-10-27(19-31(33)42)34(44)41-48(45,21-29(43)14-16-36(38,39)40)17-6-4-5-9-32(46-3)25(24)2;1-2/h5,9-13,18-19,24-25,32H,4,6-8,14-17,20-23H2,1-3H3;1-2H3/b9-5+;/t24-,25+,32-,35-,48+;/m0./s1. The van der Waals surface area contributed by atoms with Gasteiger partial charge in [-0.15, -0.1) is 0 Å². The number of hydrogen-bond acceptors (Lipinski definition) is 6. The molecule has 5 rings (SSSR count). The van der Waals surface area contributed by atoms with Gasteiger partial charge in [0.15, 0.2) is 0 Å². The molecule has 2 aliphatic heterocycles. The van der Waals surface area contributed by atoms with Crippen LogP contribution in [0.25, 0.3) is 0 Å². The number of carbonyl (C=O) groups excluding carboxylic acids is 2. The van der Waals surface area contributed by atoms with Crippen LogP contribution in [0.15, 0.2) is 52.9 Å². The molecule has 0 saturated carbocycles. The van der Waals surface area contributed by atoms with Crippen molar-refractivity contribution in [2.75, 3.05) is 43.2 Å². The summed E-state index contributed by atoms with van der Waals surface area (Å²) in [5, 5.41) is 0.695. The Kier molecular flexibility index (Phi) is 13.6. The molecule has 5 atom stereocenters. The fraction of sp³-hybridized carbons (Fsp3) is 0.579. The molecule has 3 aliphatic rings. The average molecular weight is 739 g/mol. The first kappa shape index (κ1) is 39.9. The number of carbonyl (C=O) groups is 2. The zero-order chi connectivity index (χ0) is 36.7. The maximum Gasteiger partial charge on any atom is 0.389 e. The molecule has 1 aliphatic carbocycles. The summed E-state index contributed by atoms with van der Waals surface area (Å²) >= 11 is 6.40. The number of allylic oxidation sites excluding steroid dienone is 1. The molecule has 50 heavy (non-hydrogen) atoms. The average Bonchev–Trinajstić information content (AvgIpc) is 3.22. The number of aryl methyl sites for hydroxylation is 1. The van der Waals surface area contributed by atoms with Crippen LogP contribution in [-0.4, -0.2) is 66.5 Å². The Balaban J connectivity index is 0.00000276. The number of fused-ring (bicyclic) bond motifs is 3. The Morgan fingerprint density at radius 2 is 1.92 bits per heavy atom. The Morgan fingerprint density at radius 1 is 1.16 bits per heavy atom. The second-order valence-corrected chi connectivity index (χ2v) is 16.4. The van der Waals surface area contributed by atoms with Crippen molar-refractivity contribution in [3.63, 3.8) is 0 Å². The molecule has 276 valence electrons. The third-order valence-electron chi connectivity index (χ3n) is 9.96. The van der Waals surface area contributed by atoms with Gasteiger partial charge in [0.1, 0.15) is 11.5 Å². The van der Waals surface area contributed by atoms with Gasteiger partial charge in [-0.25, -0.2) is 4.21 Å². The van der Waals surface area contributed by atoms with Crippen molar-refractivity contribution in [3.8, 4) is 5.75 Å². The largest absolute Gasteiger partial charge is 0.490 e. The number of halogens is 4. The maximum atomic E-state index is 14.0. The number of Topliss-reactive ketones (excluding diaryl/α,β-unsaturated/α-hetero) is 1. The number of nitrogens with zero attached hydrogens (tertiary/aromatic N) is 2. The fourth-order valence-electron chi connectivity index (χ4n) is 7.17. The van der Waals surface area contributed by atoms with E-state index in [0.717, 1.165) is 19.3 Å². The zero-order valence-electron chi connectivity index (χ0n) is 29.7. The third kappa shape index (κ3) is 9.91. The third-order valence-corrected chi connectivity index (χ3v) is 12.4. The Morgan fingerprint density at radius 3 is 2.64 bits per heavy atom. The molecular formula is C38H50ClF3N2O5S. The normalized spacial score (nSPS) is 27.9. The Hall–Kier alpha value is -2.89. The van der Waals surface area contributed by atoms with Crippen molar-refractivity contribution in [2.24, 2.45) is 16.2 Å². The molecule has 0 fully saturated rings. The monoisotopic (exact) mass is 738 g/mol. The van der Waals surface area contributed by atoms with Gasteiger partial charge in [-0.2, -0.15) is 17.5 Å². The van der Waals surface area contributed by atoms with Crippen molar-refractivity contribution in [1.29, 1.82) is 0 Å². The summed E-state index contributed by atoms with van der Waals surface area (Å²) in [6.45, 7) is 10.0. The molecule has 0 N–H and O–H groups in total. The highest BCUT2D eigenvalue weighted by atomic mass is 35.5. The summed E-state index contributed by atoms with van der Waals surface area (Å²) in [5.74, 6) is -1.54. The number of hydrogen-bond donors (Lipinski definition) is 0. The summed E-state index contributed by atoms with van der Waals surface area (Å²) in [4.78, 5) is 28.5. The number of ketones is 1. The summed E-state index contributed by atoms with van der Waals surface area (Å²) < 4.78 is 68.9. The van der Waals surface area contributed by atoms with Crippen molar-refractivity contribution in [1.82, 2.24) is 0 Å². The lowest BCUT2D eigenvalue weighted by Gasteiger charge is -2.42. The summed E-state index contributed by atoms with van der Waals surface area (Å²) in [6.07, 6.45) is 0.685. The van der Waals surface area contributed by atoms with Crippen LogP contribution < -0.4 is 9.64 Å². The first-order valence-corrected chi connectivity index (χ1v) is 19.8. The number of benzene rings is 2. The topological polar surface area (TPSA) is 85.3 Å². The van der Waals surface area contributed by atoms with Gasteiger partial charge in [-0.05, 0) is 85.4 Å². The highest BCUT2D eigenvalue weighted by molar-refractivity contribution is 7.94. The lowest BCUT2D eigenvalue weighted by Crippen LogP contribution is -2.47. The van der Waals surface area contributed by atoms with E-state index in [9.17, 15) is 27.0 Å². The fourth-order valence-corrected chi connectivity index (χ4v) is 9.34. The summed E-state index contributed by atoms with van der Waals surface area (Å²) in [7, 11) is -1.82. The number of amides is 1. The summed E-state index contributed by atoms with van der Waals surface area (Å²) in [5.41, 5.74) is 2.96. The minimum Gasteiger partial charge on any atom is -0.490 e. The van der Waals surface area contributed by atoms with Gasteiger partial charge in [0.05, 0.1) is 40.3 Å². The maximum absolute atomic E-state index is 14.0. The zero-order valence-corrected chi connectivity index (χ0v) is 31.3. The molecule has 0 aromatic heterocycles. The van der Waals surface area contributed by atoms with Gasteiger partial charge in [0, 0.05) is 48.4 Å². The van der Waals surface area contributed by atoms with Crippen molar-refractivity contribution in [3.05, 3.63) is 70.3 Å². The van der Waals surface area contributed by atoms with E-state index < -0.39 is 46.2 Å². The number of rotatable bonds is 5. The van der Waals surface area contributed by atoms with E-state index >= 15 is 0 Å². The van der Waals surface area contributed by atoms with E-state index in [-0.39, 0.29) is 34.7 Å². The van der Waals surface area contributed by atoms with Gasteiger partial charge < -0.3 is 14.4 Å². The van der Waals surface area contributed by atoms with E-state index in [1.807, 2.05) is 38.1 Å². The first-order chi connectivity index (χ1) is 23.7. The van der Waals surface area contributed by atoms with Crippen LogP contribution in [0.1, 0.15) is 87.7 Å². The van der Waals surface area contributed by atoms with Crippen LogP contribution in [0.2, 0.25) is 5.02 Å². The molecule has 7 nitrogen and oxygen atoms in total. The van der Waals surface area contributed by atoms with Crippen LogP contribution in [0, 0.1) is 11.8 Å². The molecule has 1 amide bonds. The van der Waals surface area contributed by atoms with Gasteiger partial charge in [0.25, 0.3) is 5.91 Å². The molecular weight excluding hydrogens is 689 g/mol. The summed E-state index contributed by atoms with van der Waals surface area (Å²) in [6, 6.07) is 11.1. The minimum atomic E-state index is -4.52. The van der Waals surface area contributed by atoms with E-state index in [2.05, 4.69) is 29.2 Å². The number of ether oxygens (including phenoxy) is 2. The molecule has 1 spiro atoms. The SMILES string of the molecule is CC.CO[C@H]1/C=C/CCC[S@@](=O)(CC(=O)CCC(F)(F)F)=NC(=O)c2ccc3c(c2)N(C[C@H](C)[C@H]1C)C[C@@]1(CCCc2cc(Cl)ccc21)CO3. The highest BCUT2D eigenvalue weighted by Gasteiger charge is 2.42. The van der Waals surface area contributed by atoms with Crippen molar-refractivity contribution >= 4 is 38.7 Å². The Labute approximate surface area is 300 Å². The molecule has 12 heteroatoms. The highest BCUT2D eigenvalue weighted by Crippen LogP contribution is 2.45. The van der Waals surface area contributed by atoms with Crippen LogP contribution in [0.4, 0.5) is 18.9 Å².